The molecule has 0 bridgehead atoms. The molecule has 0 unspecified atom stereocenters. The van der Waals surface area contributed by atoms with E-state index in [1.807, 2.05) is 47.1 Å². The SMILES string of the molecule is N#Cc1ccccc1CSc1nc(C2CC2)n(-c2ccccc2)n1. The van der Waals surface area contributed by atoms with E-state index in [1.54, 1.807) is 11.8 Å². The molecule has 1 saturated carbocycles. The molecule has 1 heterocycles. The summed E-state index contributed by atoms with van der Waals surface area (Å²) in [5.74, 6) is 2.28. The summed E-state index contributed by atoms with van der Waals surface area (Å²) in [6.45, 7) is 0. The number of aromatic nitrogens is 3. The fourth-order valence-electron chi connectivity index (χ4n) is 2.63. The quantitative estimate of drug-likeness (QED) is 0.653. The summed E-state index contributed by atoms with van der Waals surface area (Å²) in [5.41, 5.74) is 2.79. The highest BCUT2D eigenvalue weighted by Crippen LogP contribution is 2.40. The molecule has 24 heavy (non-hydrogen) atoms. The Morgan fingerprint density at radius 1 is 1.08 bits per heavy atom. The highest BCUT2D eigenvalue weighted by molar-refractivity contribution is 7.98. The Bertz CT molecular complexity index is 891. The maximum Gasteiger partial charge on any atom is 0.209 e. The molecule has 118 valence electrons. The first kappa shape index (κ1) is 15.0. The van der Waals surface area contributed by atoms with Crippen LogP contribution in [0.15, 0.2) is 59.8 Å². The van der Waals surface area contributed by atoms with Crippen molar-refractivity contribution in [3.8, 4) is 11.8 Å². The number of rotatable bonds is 5. The third kappa shape index (κ3) is 3.06. The molecule has 1 aliphatic carbocycles. The fourth-order valence-corrected chi connectivity index (χ4v) is 3.46. The van der Waals surface area contributed by atoms with Crippen LogP contribution in [0.2, 0.25) is 0 Å². The van der Waals surface area contributed by atoms with Crippen LogP contribution in [0, 0.1) is 11.3 Å². The molecule has 0 radical (unpaired) electrons. The van der Waals surface area contributed by atoms with Crippen molar-refractivity contribution < 1.29 is 0 Å². The molecule has 1 fully saturated rings. The van der Waals surface area contributed by atoms with Crippen LogP contribution in [-0.2, 0) is 5.75 Å². The molecule has 3 aromatic rings. The fraction of sp³-hybridized carbons (Fsp3) is 0.211. The van der Waals surface area contributed by atoms with Crippen LogP contribution in [0.4, 0.5) is 0 Å². The van der Waals surface area contributed by atoms with E-state index in [2.05, 4.69) is 18.2 Å². The summed E-state index contributed by atoms with van der Waals surface area (Å²) in [5, 5.41) is 14.7. The topological polar surface area (TPSA) is 54.5 Å². The van der Waals surface area contributed by atoms with Crippen LogP contribution >= 0.6 is 11.8 Å². The third-order valence-corrected chi connectivity index (χ3v) is 4.94. The average molecular weight is 332 g/mol. The minimum Gasteiger partial charge on any atom is -0.216 e. The van der Waals surface area contributed by atoms with Gasteiger partial charge in [-0.15, -0.1) is 5.10 Å². The minimum atomic E-state index is 0.526. The molecule has 0 atom stereocenters. The van der Waals surface area contributed by atoms with Crippen LogP contribution in [0.5, 0.6) is 0 Å². The van der Waals surface area contributed by atoms with Crippen molar-refractivity contribution in [2.45, 2.75) is 29.7 Å². The molecule has 2 aromatic carbocycles. The lowest BCUT2D eigenvalue weighted by Crippen LogP contribution is -2.01. The van der Waals surface area contributed by atoms with E-state index in [0.717, 1.165) is 27.8 Å². The second-order valence-corrected chi connectivity index (χ2v) is 6.77. The summed E-state index contributed by atoms with van der Waals surface area (Å²) < 4.78 is 1.97. The minimum absolute atomic E-state index is 0.526. The van der Waals surface area contributed by atoms with Gasteiger partial charge in [-0.05, 0) is 36.6 Å². The molecule has 0 spiro atoms. The zero-order chi connectivity index (χ0) is 16.4. The Hall–Kier alpha value is -2.58. The lowest BCUT2D eigenvalue weighted by atomic mass is 10.1. The normalized spacial score (nSPS) is 13.6. The predicted molar refractivity (Wildman–Crippen MR) is 94.1 cm³/mol. The number of nitriles is 1. The van der Waals surface area contributed by atoms with Crippen molar-refractivity contribution in [1.29, 1.82) is 5.26 Å². The second-order valence-electron chi connectivity index (χ2n) is 5.83. The predicted octanol–water partition coefficient (Wildman–Crippen LogP) is 4.31. The lowest BCUT2D eigenvalue weighted by Gasteiger charge is -2.03. The Kier molecular flexibility index (Phi) is 4.06. The van der Waals surface area contributed by atoms with Gasteiger partial charge in [0.25, 0.3) is 0 Å². The Morgan fingerprint density at radius 3 is 2.58 bits per heavy atom. The van der Waals surface area contributed by atoms with Crippen LogP contribution in [0.1, 0.15) is 35.7 Å². The first-order valence-electron chi connectivity index (χ1n) is 7.98. The zero-order valence-corrected chi connectivity index (χ0v) is 13.9. The largest absolute Gasteiger partial charge is 0.216 e. The molecule has 0 N–H and O–H groups in total. The number of benzene rings is 2. The average Bonchev–Trinajstić information content (AvgIpc) is 3.40. The molecule has 1 aliphatic rings. The van der Waals surface area contributed by atoms with Crippen molar-refractivity contribution in [3.05, 3.63) is 71.5 Å². The Morgan fingerprint density at radius 2 is 1.83 bits per heavy atom. The molecular weight excluding hydrogens is 316 g/mol. The van der Waals surface area contributed by atoms with E-state index in [1.165, 1.54) is 12.8 Å². The van der Waals surface area contributed by atoms with Gasteiger partial charge in [0.05, 0.1) is 17.3 Å². The van der Waals surface area contributed by atoms with Gasteiger partial charge in [0.15, 0.2) is 0 Å². The number of thioether (sulfide) groups is 1. The monoisotopic (exact) mass is 332 g/mol. The standard InChI is InChI=1S/C19H16N4S/c20-12-15-6-4-5-7-16(15)13-24-19-21-18(14-10-11-14)23(22-19)17-8-2-1-3-9-17/h1-9,14H,10-11,13H2. The summed E-state index contributed by atoms with van der Waals surface area (Å²) in [6, 6.07) is 20.1. The lowest BCUT2D eigenvalue weighted by molar-refractivity contribution is 0.782. The highest BCUT2D eigenvalue weighted by atomic mass is 32.2. The number of hydrogen-bond acceptors (Lipinski definition) is 4. The molecule has 0 aliphatic heterocycles. The summed E-state index contributed by atoms with van der Waals surface area (Å²) in [7, 11) is 0. The van der Waals surface area contributed by atoms with Crippen molar-refractivity contribution >= 4 is 11.8 Å². The van der Waals surface area contributed by atoms with Gasteiger partial charge >= 0.3 is 0 Å². The van der Waals surface area contributed by atoms with Crippen molar-refractivity contribution in [3.63, 3.8) is 0 Å². The molecule has 4 rings (SSSR count). The summed E-state index contributed by atoms with van der Waals surface area (Å²) in [4.78, 5) is 4.75. The van der Waals surface area contributed by atoms with E-state index in [9.17, 15) is 5.26 Å². The van der Waals surface area contributed by atoms with Crippen LogP contribution in [0.25, 0.3) is 5.69 Å². The molecule has 4 nitrogen and oxygen atoms in total. The maximum atomic E-state index is 9.20. The number of nitrogens with zero attached hydrogens (tertiary/aromatic N) is 4. The van der Waals surface area contributed by atoms with Crippen LogP contribution in [-0.4, -0.2) is 14.8 Å². The molecule has 0 amide bonds. The first-order valence-corrected chi connectivity index (χ1v) is 8.97. The van der Waals surface area contributed by atoms with Gasteiger partial charge < -0.3 is 0 Å². The van der Waals surface area contributed by atoms with E-state index in [-0.39, 0.29) is 0 Å². The van der Waals surface area contributed by atoms with Gasteiger partial charge in [0.2, 0.25) is 5.16 Å². The molecular formula is C19H16N4S. The second kappa shape index (κ2) is 6.50. The van der Waals surface area contributed by atoms with E-state index in [0.29, 0.717) is 11.7 Å². The van der Waals surface area contributed by atoms with Gasteiger partial charge in [0, 0.05) is 11.7 Å². The number of hydrogen-bond donors (Lipinski definition) is 0. The van der Waals surface area contributed by atoms with Gasteiger partial charge in [-0.2, -0.15) is 5.26 Å². The Labute approximate surface area is 145 Å². The third-order valence-electron chi connectivity index (χ3n) is 4.05. The van der Waals surface area contributed by atoms with E-state index < -0.39 is 0 Å². The molecule has 5 heteroatoms. The van der Waals surface area contributed by atoms with Crippen LogP contribution in [0.3, 0.4) is 0 Å². The van der Waals surface area contributed by atoms with Gasteiger partial charge in [-0.3, -0.25) is 0 Å². The summed E-state index contributed by atoms with van der Waals surface area (Å²) in [6.07, 6.45) is 2.37. The summed E-state index contributed by atoms with van der Waals surface area (Å²) >= 11 is 1.58. The highest BCUT2D eigenvalue weighted by Gasteiger charge is 2.30. The van der Waals surface area contributed by atoms with Gasteiger partial charge in [-0.1, -0.05) is 48.2 Å². The van der Waals surface area contributed by atoms with Gasteiger partial charge in [-0.25, -0.2) is 9.67 Å². The van der Waals surface area contributed by atoms with E-state index in [4.69, 9.17) is 10.1 Å². The smallest absolute Gasteiger partial charge is 0.209 e. The molecule has 0 saturated heterocycles. The van der Waals surface area contributed by atoms with E-state index >= 15 is 0 Å². The van der Waals surface area contributed by atoms with Crippen molar-refractivity contribution in [2.24, 2.45) is 0 Å². The van der Waals surface area contributed by atoms with Crippen LogP contribution < -0.4 is 0 Å². The zero-order valence-electron chi connectivity index (χ0n) is 13.1. The Balaban J connectivity index is 1.59. The van der Waals surface area contributed by atoms with Gasteiger partial charge in [0.1, 0.15) is 5.82 Å². The maximum absolute atomic E-state index is 9.20. The van der Waals surface area contributed by atoms with Crippen molar-refractivity contribution in [2.75, 3.05) is 0 Å². The number of para-hydroxylation sites is 1. The van der Waals surface area contributed by atoms with Crippen molar-refractivity contribution in [1.82, 2.24) is 14.8 Å². The molecule has 1 aromatic heterocycles. The first-order chi connectivity index (χ1) is 11.8.